The monoisotopic (exact) mass is 311 g/mol. The van der Waals surface area contributed by atoms with Crippen LogP contribution in [0.3, 0.4) is 0 Å². The van der Waals surface area contributed by atoms with Crippen LogP contribution in [0, 0.1) is 0 Å². The topological polar surface area (TPSA) is 57.2 Å². The molecule has 0 aliphatic carbocycles. The van der Waals surface area contributed by atoms with Gasteiger partial charge in [0, 0.05) is 55.9 Å². The third-order valence-electron chi connectivity index (χ3n) is 4.76. The molecule has 1 N–H and O–H groups in total. The van der Waals surface area contributed by atoms with Crippen molar-refractivity contribution < 1.29 is 0 Å². The van der Waals surface area contributed by atoms with Crippen molar-refractivity contribution in [3.63, 3.8) is 0 Å². The normalized spacial score (nSPS) is 17.3. The second-order valence-corrected chi connectivity index (χ2v) is 6.37. The summed E-state index contributed by atoms with van der Waals surface area (Å²) in [5, 5.41) is 7.47. The van der Waals surface area contributed by atoms with Gasteiger partial charge in [0.15, 0.2) is 0 Å². The van der Waals surface area contributed by atoms with Crippen LogP contribution in [-0.2, 0) is 13.6 Å². The number of aromatic amines is 1. The van der Waals surface area contributed by atoms with Gasteiger partial charge < -0.3 is 9.88 Å². The molecule has 6 heteroatoms. The van der Waals surface area contributed by atoms with Gasteiger partial charge in [-0.2, -0.15) is 5.10 Å². The number of aryl methyl sites for hydroxylation is 1. The van der Waals surface area contributed by atoms with Crippen molar-refractivity contribution in [2.45, 2.75) is 6.54 Å². The number of likely N-dealkylation sites (N-methyl/N-ethyl adjacent to an activating group) is 1. The molecule has 3 aromatic rings. The van der Waals surface area contributed by atoms with Crippen LogP contribution in [0.15, 0.2) is 29.1 Å². The van der Waals surface area contributed by atoms with Gasteiger partial charge >= 0.3 is 0 Å². The van der Waals surface area contributed by atoms with Gasteiger partial charge in [-0.15, -0.1) is 0 Å². The van der Waals surface area contributed by atoms with E-state index in [9.17, 15) is 4.79 Å². The number of nitrogens with one attached hydrogen (secondary N) is 1. The van der Waals surface area contributed by atoms with Crippen LogP contribution < -0.4 is 5.56 Å². The fraction of sp³-hybridized carbons (Fsp3) is 0.412. The number of benzene rings is 1. The largest absolute Gasteiger partial charge is 0.306 e. The van der Waals surface area contributed by atoms with Gasteiger partial charge in [0.1, 0.15) is 5.65 Å². The number of pyridine rings is 1. The molecule has 2 aromatic heterocycles. The summed E-state index contributed by atoms with van der Waals surface area (Å²) in [6.45, 7) is 5.09. The quantitative estimate of drug-likeness (QED) is 0.772. The van der Waals surface area contributed by atoms with Crippen molar-refractivity contribution in [2.75, 3.05) is 33.2 Å². The summed E-state index contributed by atoms with van der Waals surface area (Å²) < 4.78 is 1.79. The minimum Gasteiger partial charge on any atom is -0.306 e. The fourth-order valence-electron chi connectivity index (χ4n) is 3.41. The Balaban J connectivity index is 1.84. The van der Waals surface area contributed by atoms with Crippen LogP contribution in [0.2, 0.25) is 0 Å². The molecule has 0 atom stereocenters. The number of H-pyrrole nitrogens is 1. The second kappa shape index (κ2) is 5.47. The molecule has 0 radical (unpaired) electrons. The molecule has 1 aliphatic heterocycles. The van der Waals surface area contributed by atoms with E-state index in [0.717, 1.165) is 60.2 Å². The first kappa shape index (κ1) is 14.4. The van der Waals surface area contributed by atoms with Gasteiger partial charge in [-0.05, 0) is 13.1 Å². The number of nitrogens with zero attached hydrogens (tertiary/aromatic N) is 4. The van der Waals surface area contributed by atoms with Crippen LogP contribution >= 0.6 is 0 Å². The van der Waals surface area contributed by atoms with E-state index in [0.29, 0.717) is 0 Å². The highest BCUT2D eigenvalue weighted by molar-refractivity contribution is 6.05. The number of hydrogen-bond donors (Lipinski definition) is 1. The standard InChI is InChI=1S/C17H21N5O/c1-20-7-9-22(10-8-20)11-14-15-12-5-3-4-6-13(12)17(23)18-16(15)21(2)19-14/h3-6H,7-11H2,1-2H3,(H,18,23). The first-order valence-corrected chi connectivity index (χ1v) is 8.01. The summed E-state index contributed by atoms with van der Waals surface area (Å²) in [5.41, 5.74) is 1.79. The van der Waals surface area contributed by atoms with E-state index < -0.39 is 0 Å². The Morgan fingerprint density at radius 1 is 1.09 bits per heavy atom. The lowest BCUT2D eigenvalue weighted by molar-refractivity contribution is 0.147. The van der Waals surface area contributed by atoms with E-state index in [4.69, 9.17) is 0 Å². The van der Waals surface area contributed by atoms with E-state index in [2.05, 4.69) is 26.9 Å². The van der Waals surface area contributed by atoms with Crippen LogP contribution in [0.5, 0.6) is 0 Å². The fourth-order valence-corrected chi connectivity index (χ4v) is 3.41. The van der Waals surface area contributed by atoms with Crippen molar-refractivity contribution in [1.29, 1.82) is 0 Å². The molecule has 0 amide bonds. The molecule has 1 fully saturated rings. The summed E-state index contributed by atoms with van der Waals surface area (Å²) in [4.78, 5) is 20.0. The Bertz CT molecular complexity index is 918. The lowest BCUT2D eigenvalue weighted by Gasteiger charge is -2.31. The van der Waals surface area contributed by atoms with E-state index in [1.165, 1.54) is 0 Å². The molecule has 120 valence electrons. The highest BCUT2D eigenvalue weighted by Gasteiger charge is 2.19. The molecule has 1 saturated heterocycles. The number of rotatable bonds is 2. The van der Waals surface area contributed by atoms with Gasteiger partial charge in [-0.3, -0.25) is 14.4 Å². The molecule has 6 nitrogen and oxygen atoms in total. The zero-order chi connectivity index (χ0) is 16.0. The molecule has 0 saturated carbocycles. The van der Waals surface area contributed by atoms with Gasteiger partial charge in [-0.1, -0.05) is 18.2 Å². The van der Waals surface area contributed by atoms with E-state index in [1.54, 1.807) is 4.68 Å². The van der Waals surface area contributed by atoms with Crippen molar-refractivity contribution in [3.05, 3.63) is 40.3 Å². The van der Waals surface area contributed by atoms with E-state index in [1.807, 2.05) is 31.3 Å². The number of hydrogen-bond acceptors (Lipinski definition) is 4. The summed E-state index contributed by atoms with van der Waals surface area (Å²) in [6, 6.07) is 7.77. The molecule has 1 aromatic carbocycles. The van der Waals surface area contributed by atoms with Crippen molar-refractivity contribution in [2.24, 2.45) is 7.05 Å². The SMILES string of the molecule is CN1CCN(Cc2nn(C)c3[nH]c(=O)c4ccccc4c23)CC1. The highest BCUT2D eigenvalue weighted by atomic mass is 16.1. The van der Waals surface area contributed by atoms with Gasteiger partial charge in [-0.25, -0.2) is 0 Å². The summed E-state index contributed by atoms with van der Waals surface area (Å²) in [5.74, 6) is 0. The Morgan fingerprint density at radius 2 is 1.78 bits per heavy atom. The number of aromatic nitrogens is 3. The summed E-state index contributed by atoms with van der Waals surface area (Å²) in [6.07, 6.45) is 0. The second-order valence-electron chi connectivity index (χ2n) is 6.37. The Morgan fingerprint density at radius 3 is 2.52 bits per heavy atom. The van der Waals surface area contributed by atoms with Gasteiger partial charge in [0.25, 0.3) is 5.56 Å². The Labute approximate surface area is 134 Å². The molecule has 0 unspecified atom stereocenters. The van der Waals surface area contributed by atoms with Crippen LogP contribution in [0.25, 0.3) is 21.8 Å². The third-order valence-corrected chi connectivity index (χ3v) is 4.76. The maximum atomic E-state index is 12.3. The molecular weight excluding hydrogens is 290 g/mol. The van der Waals surface area contributed by atoms with E-state index in [-0.39, 0.29) is 5.56 Å². The summed E-state index contributed by atoms with van der Waals surface area (Å²) >= 11 is 0. The number of fused-ring (bicyclic) bond motifs is 3. The lowest BCUT2D eigenvalue weighted by atomic mass is 10.1. The zero-order valence-corrected chi connectivity index (χ0v) is 13.5. The average molecular weight is 311 g/mol. The summed E-state index contributed by atoms with van der Waals surface area (Å²) in [7, 11) is 4.05. The molecular formula is C17H21N5O. The smallest absolute Gasteiger partial charge is 0.257 e. The third kappa shape index (κ3) is 2.44. The minimum absolute atomic E-state index is 0.0535. The van der Waals surface area contributed by atoms with Gasteiger partial charge in [0.2, 0.25) is 0 Å². The first-order chi connectivity index (χ1) is 11.1. The van der Waals surface area contributed by atoms with Crippen molar-refractivity contribution >= 4 is 21.8 Å². The predicted molar refractivity (Wildman–Crippen MR) is 91.6 cm³/mol. The van der Waals surface area contributed by atoms with Crippen molar-refractivity contribution in [3.8, 4) is 0 Å². The van der Waals surface area contributed by atoms with Crippen LogP contribution in [0.1, 0.15) is 5.69 Å². The van der Waals surface area contributed by atoms with Crippen LogP contribution in [0.4, 0.5) is 0 Å². The lowest BCUT2D eigenvalue weighted by Crippen LogP contribution is -2.43. The molecule has 23 heavy (non-hydrogen) atoms. The zero-order valence-electron chi connectivity index (χ0n) is 13.5. The van der Waals surface area contributed by atoms with Crippen molar-refractivity contribution in [1.82, 2.24) is 24.6 Å². The minimum atomic E-state index is -0.0535. The van der Waals surface area contributed by atoms with Gasteiger partial charge in [0.05, 0.1) is 5.69 Å². The maximum Gasteiger partial charge on any atom is 0.257 e. The maximum absolute atomic E-state index is 12.3. The first-order valence-electron chi connectivity index (χ1n) is 8.01. The van der Waals surface area contributed by atoms with Crippen LogP contribution in [-0.4, -0.2) is 57.8 Å². The Kier molecular flexibility index (Phi) is 3.43. The van der Waals surface area contributed by atoms with E-state index >= 15 is 0 Å². The molecule has 1 aliphatic rings. The number of piperazine rings is 1. The highest BCUT2D eigenvalue weighted by Crippen LogP contribution is 2.25. The predicted octanol–water partition coefficient (Wildman–Crippen LogP) is 1.16. The molecule has 0 bridgehead atoms. The molecule has 3 heterocycles. The average Bonchev–Trinajstić information content (AvgIpc) is 2.86. The molecule has 4 rings (SSSR count). The Hall–Kier alpha value is -2.18. The molecule has 0 spiro atoms.